The van der Waals surface area contributed by atoms with Crippen molar-refractivity contribution in [3.63, 3.8) is 0 Å². The van der Waals surface area contributed by atoms with Gasteiger partial charge in [-0.05, 0) is 31.4 Å². The van der Waals surface area contributed by atoms with Gasteiger partial charge in [-0.2, -0.15) is 23.3 Å². The Morgan fingerprint density at radius 3 is 2.83 bits per heavy atom. The van der Waals surface area contributed by atoms with Gasteiger partial charge >= 0.3 is 12.1 Å². The Morgan fingerprint density at radius 1 is 1.31 bits per heavy atom. The van der Waals surface area contributed by atoms with Crippen molar-refractivity contribution in [3.05, 3.63) is 30.1 Å². The van der Waals surface area contributed by atoms with Crippen molar-refractivity contribution < 1.29 is 27.8 Å². The van der Waals surface area contributed by atoms with Crippen LogP contribution in [-0.2, 0) is 22.5 Å². The number of anilines is 3. The summed E-state index contributed by atoms with van der Waals surface area (Å²) in [5.74, 6) is -0.119. The van der Waals surface area contributed by atoms with Crippen molar-refractivity contribution in [2.45, 2.75) is 38.9 Å². The summed E-state index contributed by atoms with van der Waals surface area (Å²) >= 11 is 0. The van der Waals surface area contributed by atoms with Crippen LogP contribution in [0.2, 0.25) is 0 Å². The van der Waals surface area contributed by atoms with Crippen LogP contribution in [0, 0.1) is 5.92 Å². The molecule has 13 heteroatoms. The Labute approximate surface area is 199 Å². The molecule has 0 bridgehead atoms. The van der Waals surface area contributed by atoms with E-state index in [9.17, 15) is 23.1 Å². The average Bonchev–Trinajstić information content (AvgIpc) is 3.20. The number of aliphatic carboxylic acids is 1. The molecular formula is C22H26F3N7O3. The van der Waals surface area contributed by atoms with Gasteiger partial charge in [0.05, 0.1) is 24.8 Å². The molecule has 0 spiro atoms. The first kappa shape index (κ1) is 24.6. The Balaban J connectivity index is 1.72. The van der Waals surface area contributed by atoms with Crippen molar-refractivity contribution in [2.24, 2.45) is 5.92 Å². The van der Waals surface area contributed by atoms with E-state index in [1.54, 1.807) is 24.4 Å². The van der Waals surface area contributed by atoms with Gasteiger partial charge in [0.25, 0.3) is 0 Å². The number of carbonyl (C=O) groups is 1. The summed E-state index contributed by atoms with van der Waals surface area (Å²) in [6, 6.07) is 5.32. The Kier molecular flexibility index (Phi) is 7.34. The maximum Gasteiger partial charge on any atom is 0.411 e. The van der Waals surface area contributed by atoms with Crippen molar-refractivity contribution in [2.75, 3.05) is 36.5 Å². The van der Waals surface area contributed by atoms with Crippen LogP contribution in [0.25, 0.3) is 11.0 Å². The van der Waals surface area contributed by atoms with Crippen molar-refractivity contribution >= 4 is 34.6 Å². The van der Waals surface area contributed by atoms with Gasteiger partial charge in [0.15, 0.2) is 5.82 Å². The first-order valence-corrected chi connectivity index (χ1v) is 11.3. The van der Waals surface area contributed by atoms with Gasteiger partial charge in [0.1, 0.15) is 23.5 Å². The predicted octanol–water partition coefficient (Wildman–Crippen LogP) is 3.41. The molecule has 3 aromatic heterocycles. The lowest BCUT2D eigenvalue weighted by atomic mass is 9.99. The predicted molar refractivity (Wildman–Crippen MR) is 122 cm³/mol. The number of nitrogens with zero attached hydrogens (tertiary/aromatic N) is 6. The highest BCUT2D eigenvalue weighted by Gasteiger charge is 2.29. The van der Waals surface area contributed by atoms with E-state index < -0.39 is 24.7 Å². The van der Waals surface area contributed by atoms with Gasteiger partial charge in [-0.1, -0.05) is 13.0 Å². The molecule has 1 saturated heterocycles. The molecule has 1 atom stereocenters. The molecule has 35 heavy (non-hydrogen) atoms. The topological polar surface area (TPSA) is 118 Å². The van der Waals surface area contributed by atoms with Crippen molar-refractivity contribution in [3.8, 4) is 0 Å². The second-order valence-electron chi connectivity index (χ2n) is 8.22. The van der Waals surface area contributed by atoms with Crippen LogP contribution in [0.5, 0.6) is 0 Å². The number of halogens is 3. The molecule has 10 nitrogen and oxygen atoms in total. The number of pyridine rings is 1. The molecule has 4 heterocycles. The molecule has 2 N–H and O–H groups in total. The third-order valence-corrected chi connectivity index (χ3v) is 5.66. The number of carboxylic acids is 1. The summed E-state index contributed by atoms with van der Waals surface area (Å²) in [4.78, 5) is 27.1. The number of fused-ring (bicyclic) bond motifs is 1. The number of rotatable bonds is 9. The molecule has 188 valence electrons. The first-order valence-electron chi connectivity index (χ1n) is 11.3. The summed E-state index contributed by atoms with van der Waals surface area (Å²) < 4.78 is 43.7. The minimum atomic E-state index is -4.41. The number of aryl methyl sites for hydroxylation is 1. The van der Waals surface area contributed by atoms with Crippen LogP contribution in [0.4, 0.5) is 30.8 Å². The maximum absolute atomic E-state index is 12.5. The Hall–Kier alpha value is -3.48. The van der Waals surface area contributed by atoms with Gasteiger partial charge < -0.3 is 20.1 Å². The molecule has 0 saturated carbocycles. The highest BCUT2D eigenvalue weighted by Crippen LogP contribution is 2.30. The van der Waals surface area contributed by atoms with Gasteiger partial charge in [-0.25, -0.2) is 9.97 Å². The lowest BCUT2D eigenvalue weighted by Gasteiger charge is -2.31. The summed E-state index contributed by atoms with van der Waals surface area (Å²) in [6.45, 7) is 1.32. The van der Waals surface area contributed by atoms with Crippen molar-refractivity contribution in [1.82, 2.24) is 24.7 Å². The fourth-order valence-corrected chi connectivity index (χ4v) is 4.02. The van der Waals surface area contributed by atoms with Crippen LogP contribution in [-0.4, -0.2) is 68.3 Å². The average molecular weight is 493 g/mol. The summed E-state index contributed by atoms with van der Waals surface area (Å²) in [6.07, 6.45) is -0.985. The number of nitrogens with one attached hydrogen (secondary N) is 1. The summed E-state index contributed by atoms with van der Waals surface area (Å²) in [7, 11) is 0. The minimum absolute atomic E-state index is 0.0665. The standard InChI is InChI=1S/C22H26F3N7O3/c1-2-15-17-18(32(30-15)10-11-35-13-22(23,24)25)19(27-16-7-3-4-8-26-16)29-21(28-17)31-9-5-6-14(12-31)20(33)34/h3-4,7-8,14H,2,5-6,9-13H2,1H3,(H,33,34)(H,26,27,28,29)/t14-/m0/s1. The molecule has 0 amide bonds. The highest BCUT2D eigenvalue weighted by atomic mass is 19.4. The molecule has 0 aliphatic carbocycles. The van der Waals surface area contributed by atoms with Gasteiger partial charge in [-0.3, -0.25) is 9.48 Å². The zero-order chi connectivity index (χ0) is 25.0. The van der Waals surface area contributed by atoms with Crippen LogP contribution in [0.15, 0.2) is 24.4 Å². The zero-order valence-electron chi connectivity index (χ0n) is 19.1. The normalized spacial score (nSPS) is 16.6. The monoisotopic (exact) mass is 493 g/mol. The maximum atomic E-state index is 12.5. The van der Waals surface area contributed by atoms with Crippen LogP contribution >= 0.6 is 0 Å². The molecule has 4 rings (SSSR count). The quantitative estimate of drug-likeness (QED) is 0.432. The Morgan fingerprint density at radius 2 is 2.14 bits per heavy atom. The number of ether oxygens (including phenoxy) is 1. The van der Waals surface area contributed by atoms with Crippen LogP contribution < -0.4 is 10.2 Å². The number of hydrogen-bond acceptors (Lipinski definition) is 8. The number of piperidine rings is 1. The van der Waals surface area contributed by atoms with Crippen LogP contribution in [0.1, 0.15) is 25.5 Å². The fourth-order valence-electron chi connectivity index (χ4n) is 4.02. The third-order valence-electron chi connectivity index (χ3n) is 5.66. The van der Waals surface area contributed by atoms with E-state index in [1.165, 1.54) is 4.68 Å². The van der Waals surface area contributed by atoms with E-state index in [4.69, 9.17) is 9.72 Å². The molecule has 3 aromatic rings. The number of aromatic nitrogens is 5. The number of alkyl halides is 3. The van der Waals surface area contributed by atoms with E-state index in [2.05, 4.69) is 20.4 Å². The largest absolute Gasteiger partial charge is 0.481 e. The van der Waals surface area contributed by atoms with Gasteiger partial charge in [0, 0.05) is 19.3 Å². The summed E-state index contributed by atoms with van der Waals surface area (Å²) in [5, 5.41) is 17.2. The van der Waals surface area contributed by atoms with Crippen LogP contribution in [0.3, 0.4) is 0 Å². The second kappa shape index (κ2) is 10.4. The molecule has 0 radical (unpaired) electrons. The molecule has 1 aliphatic heterocycles. The fraction of sp³-hybridized carbons (Fsp3) is 0.500. The molecule has 1 fully saturated rings. The minimum Gasteiger partial charge on any atom is -0.481 e. The molecular weight excluding hydrogens is 467 g/mol. The van der Waals surface area contributed by atoms with Gasteiger partial charge in [-0.15, -0.1) is 0 Å². The number of hydrogen-bond donors (Lipinski definition) is 2. The van der Waals surface area contributed by atoms with E-state index in [0.29, 0.717) is 60.1 Å². The van der Waals surface area contributed by atoms with Crippen molar-refractivity contribution in [1.29, 1.82) is 0 Å². The van der Waals surface area contributed by atoms with E-state index in [0.717, 1.165) is 0 Å². The summed E-state index contributed by atoms with van der Waals surface area (Å²) in [5.41, 5.74) is 1.71. The third kappa shape index (κ3) is 5.96. The van der Waals surface area contributed by atoms with E-state index >= 15 is 0 Å². The van der Waals surface area contributed by atoms with E-state index in [-0.39, 0.29) is 19.7 Å². The lowest BCUT2D eigenvalue weighted by Crippen LogP contribution is -2.39. The smallest absolute Gasteiger partial charge is 0.411 e. The second-order valence-corrected chi connectivity index (χ2v) is 8.22. The molecule has 0 unspecified atom stereocenters. The molecule has 0 aromatic carbocycles. The Bertz CT molecular complexity index is 1170. The highest BCUT2D eigenvalue weighted by molar-refractivity contribution is 5.90. The zero-order valence-corrected chi connectivity index (χ0v) is 19.1. The van der Waals surface area contributed by atoms with E-state index in [1.807, 2.05) is 11.8 Å². The van der Waals surface area contributed by atoms with Gasteiger partial charge in [0.2, 0.25) is 5.95 Å². The SMILES string of the molecule is CCc1nn(CCOCC(F)(F)F)c2c(Nc3ccccn3)nc(N3CCC[C@H](C(=O)O)C3)nc12. The first-order chi connectivity index (χ1) is 16.7. The number of carboxylic acid groups (broad SMARTS) is 1. The molecule has 1 aliphatic rings. The lowest BCUT2D eigenvalue weighted by molar-refractivity contribution is -0.174.